The molecule has 2 nitrogen and oxygen atoms in total. The van der Waals surface area contributed by atoms with Gasteiger partial charge in [-0.3, -0.25) is 0 Å². The zero-order valence-corrected chi connectivity index (χ0v) is 14.1. The van der Waals surface area contributed by atoms with Crippen LogP contribution in [0.3, 0.4) is 0 Å². The summed E-state index contributed by atoms with van der Waals surface area (Å²) in [5, 5.41) is 3.28. The van der Waals surface area contributed by atoms with E-state index in [1.54, 1.807) is 0 Å². The second-order valence-corrected chi connectivity index (χ2v) is 6.56. The number of halogens is 4. The van der Waals surface area contributed by atoms with Gasteiger partial charge in [-0.15, -0.1) is 0 Å². The van der Waals surface area contributed by atoms with E-state index in [2.05, 4.69) is 21.2 Å². The number of nitrogens with one attached hydrogen (secondary N) is 1. The highest BCUT2D eigenvalue weighted by Gasteiger charge is 2.35. The van der Waals surface area contributed by atoms with Crippen molar-refractivity contribution in [2.24, 2.45) is 0 Å². The van der Waals surface area contributed by atoms with Crippen molar-refractivity contribution in [2.75, 3.05) is 11.9 Å². The molecule has 0 aromatic heterocycles. The van der Waals surface area contributed by atoms with Crippen molar-refractivity contribution in [3.05, 3.63) is 63.6 Å². The quantitative estimate of drug-likeness (QED) is 0.686. The van der Waals surface area contributed by atoms with Gasteiger partial charge in [0.05, 0.1) is 6.04 Å². The third kappa shape index (κ3) is 2.62. The largest absolute Gasteiger partial charge is 0.383 e. The van der Waals surface area contributed by atoms with Gasteiger partial charge in [0.2, 0.25) is 0 Å². The molecular weight excluding hydrogens is 374 g/mol. The highest BCUT2D eigenvalue weighted by Crippen LogP contribution is 2.43. The minimum absolute atomic E-state index is 0.0406. The van der Waals surface area contributed by atoms with Gasteiger partial charge in [0, 0.05) is 33.9 Å². The average molecular weight is 388 g/mol. The van der Waals surface area contributed by atoms with Gasteiger partial charge in [0.25, 0.3) is 0 Å². The molecule has 0 saturated heterocycles. The molecule has 1 heterocycles. The molecule has 22 heavy (non-hydrogen) atoms. The van der Waals surface area contributed by atoms with Gasteiger partial charge in [-0.25, -0.2) is 13.2 Å². The van der Waals surface area contributed by atoms with E-state index in [9.17, 15) is 8.78 Å². The molecule has 0 saturated carbocycles. The van der Waals surface area contributed by atoms with Gasteiger partial charge in [0.1, 0.15) is 11.6 Å². The zero-order chi connectivity index (χ0) is 15.9. The molecule has 0 bridgehead atoms. The summed E-state index contributed by atoms with van der Waals surface area (Å²) in [5.74, 6) is -1.21. The fourth-order valence-electron chi connectivity index (χ4n) is 2.73. The van der Waals surface area contributed by atoms with Crippen LogP contribution in [0.2, 0.25) is 0 Å². The Bertz CT molecular complexity index is 690. The molecule has 0 aliphatic carbocycles. The lowest BCUT2D eigenvalue weighted by Gasteiger charge is -2.29. The van der Waals surface area contributed by atoms with Crippen LogP contribution in [-0.2, 0) is 0 Å². The van der Waals surface area contributed by atoms with E-state index in [4.69, 9.17) is 11.8 Å². The molecular formula is C16H14BrClF2N2. The van der Waals surface area contributed by atoms with Crippen LogP contribution in [0.15, 0.2) is 40.9 Å². The molecule has 0 fully saturated rings. The van der Waals surface area contributed by atoms with Crippen LogP contribution in [-0.4, -0.2) is 17.0 Å². The average Bonchev–Trinajstić information content (AvgIpc) is 2.60. The molecule has 6 heteroatoms. The first-order valence-electron chi connectivity index (χ1n) is 6.91. The van der Waals surface area contributed by atoms with Gasteiger partial charge >= 0.3 is 0 Å². The smallest absolute Gasteiger partial charge is 0.131 e. The maximum Gasteiger partial charge on any atom is 0.131 e. The van der Waals surface area contributed by atoms with Crippen LogP contribution in [0.25, 0.3) is 0 Å². The Morgan fingerprint density at radius 1 is 1.14 bits per heavy atom. The monoisotopic (exact) mass is 386 g/mol. The van der Waals surface area contributed by atoms with Crippen molar-refractivity contribution in [3.8, 4) is 0 Å². The number of nitrogens with zero attached hydrogens (tertiary/aromatic N) is 1. The van der Waals surface area contributed by atoms with E-state index < -0.39 is 17.7 Å². The van der Waals surface area contributed by atoms with Crippen LogP contribution in [0.5, 0.6) is 0 Å². The molecule has 3 rings (SSSR count). The second-order valence-electron chi connectivity index (χ2n) is 5.31. The number of hydrogen-bond donors (Lipinski definition) is 1. The molecule has 1 aliphatic heterocycles. The summed E-state index contributed by atoms with van der Waals surface area (Å²) in [5.41, 5.74) is 1.50. The summed E-state index contributed by atoms with van der Waals surface area (Å²) in [7, 11) is 0. The van der Waals surface area contributed by atoms with E-state index in [1.165, 1.54) is 22.6 Å². The maximum atomic E-state index is 14.3. The molecule has 1 aliphatic rings. The molecule has 116 valence electrons. The van der Waals surface area contributed by atoms with Gasteiger partial charge < -0.3 is 5.32 Å². The maximum absolute atomic E-state index is 14.3. The Balaban J connectivity index is 2.28. The van der Waals surface area contributed by atoms with E-state index in [0.29, 0.717) is 6.54 Å². The summed E-state index contributed by atoms with van der Waals surface area (Å²) < 4.78 is 30.9. The zero-order valence-electron chi connectivity index (χ0n) is 11.8. The summed E-state index contributed by atoms with van der Waals surface area (Å²) in [6.45, 7) is 2.49. The van der Waals surface area contributed by atoms with Crippen molar-refractivity contribution in [3.63, 3.8) is 0 Å². The Hall–Kier alpha value is -1.17. The van der Waals surface area contributed by atoms with E-state index >= 15 is 0 Å². The predicted octanol–water partition coefficient (Wildman–Crippen LogP) is 5.09. The molecule has 0 amide bonds. The number of fused-ring (bicyclic) bond motifs is 1. The van der Waals surface area contributed by atoms with Gasteiger partial charge in [-0.05, 0) is 43.0 Å². The standard InChI is InChI=1S/C16H14BrClF2N2/c1-9-8-21-13-7-2-4-10(17)14(13)16(22(9)18)15-11(19)5-3-6-12(15)20/h2-7,9,16,21H,8H2,1H3/t9-,16?/m0/s1. The van der Waals surface area contributed by atoms with Crippen molar-refractivity contribution in [2.45, 2.75) is 19.0 Å². The van der Waals surface area contributed by atoms with E-state index in [0.717, 1.165) is 15.7 Å². The third-order valence-electron chi connectivity index (χ3n) is 3.86. The normalized spacial score (nSPS) is 21.9. The lowest BCUT2D eigenvalue weighted by molar-refractivity contribution is 0.312. The van der Waals surface area contributed by atoms with Crippen molar-refractivity contribution in [1.82, 2.24) is 4.42 Å². The summed E-state index contributed by atoms with van der Waals surface area (Å²) in [6.07, 6.45) is 0. The van der Waals surface area contributed by atoms with Gasteiger partial charge in [0.15, 0.2) is 0 Å². The summed E-state index contributed by atoms with van der Waals surface area (Å²) >= 11 is 9.94. The minimum atomic E-state index is -0.724. The highest BCUT2D eigenvalue weighted by molar-refractivity contribution is 9.10. The van der Waals surface area contributed by atoms with E-state index in [1.807, 2.05) is 25.1 Å². The Morgan fingerprint density at radius 3 is 2.45 bits per heavy atom. The molecule has 2 atom stereocenters. The molecule has 0 spiro atoms. The minimum Gasteiger partial charge on any atom is -0.383 e. The molecule has 0 radical (unpaired) electrons. The van der Waals surface area contributed by atoms with Crippen LogP contribution >= 0.6 is 27.7 Å². The topological polar surface area (TPSA) is 15.3 Å². The molecule has 1 N–H and O–H groups in total. The van der Waals surface area contributed by atoms with Crippen LogP contribution < -0.4 is 5.32 Å². The Labute approximate surface area is 141 Å². The molecule has 1 unspecified atom stereocenters. The number of hydrogen-bond acceptors (Lipinski definition) is 2. The Kier molecular flexibility index (Phi) is 4.39. The van der Waals surface area contributed by atoms with Crippen molar-refractivity contribution < 1.29 is 8.78 Å². The molecule has 2 aromatic rings. The SMILES string of the molecule is C[C@H]1CNc2cccc(Br)c2C(c2c(F)cccc2F)N1Cl. The number of anilines is 1. The van der Waals surface area contributed by atoms with Gasteiger partial charge in [-0.2, -0.15) is 0 Å². The first-order valence-corrected chi connectivity index (χ1v) is 8.04. The van der Waals surface area contributed by atoms with Crippen LogP contribution in [0.4, 0.5) is 14.5 Å². The van der Waals surface area contributed by atoms with Crippen molar-refractivity contribution in [1.29, 1.82) is 0 Å². The number of benzene rings is 2. The van der Waals surface area contributed by atoms with Crippen LogP contribution in [0.1, 0.15) is 24.1 Å². The van der Waals surface area contributed by atoms with Crippen LogP contribution in [0, 0.1) is 11.6 Å². The fourth-order valence-corrected chi connectivity index (χ4v) is 3.58. The van der Waals surface area contributed by atoms with E-state index in [-0.39, 0.29) is 11.6 Å². The lowest BCUT2D eigenvalue weighted by Crippen LogP contribution is -2.32. The summed E-state index contributed by atoms with van der Waals surface area (Å²) in [6, 6.07) is 8.63. The molecule has 2 aromatic carbocycles. The number of rotatable bonds is 1. The predicted molar refractivity (Wildman–Crippen MR) is 88.0 cm³/mol. The third-order valence-corrected chi connectivity index (χ3v) is 5.08. The summed E-state index contributed by atoms with van der Waals surface area (Å²) in [4.78, 5) is 0. The lowest BCUT2D eigenvalue weighted by atomic mass is 9.96. The highest BCUT2D eigenvalue weighted by atomic mass is 79.9. The van der Waals surface area contributed by atoms with Gasteiger partial charge in [-0.1, -0.05) is 28.1 Å². The van der Waals surface area contributed by atoms with Crippen molar-refractivity contribution >= 4 is 33.4 Å². The Morgan fingerprint density at radius 2 is 1.77 bits per heavy atom. The first kappa shape index (κ1) is 15.7. The second kappa shape index (κ2) is 6.14. The fraction of sp³-hybridized carbons (Fsp3) is 0.250. The first-order chi connectivity index (χ1) is 10.5.